The van der Waals surface area contributed by atoms with Gasteiger partial charge in [0.25, 0.3) is 0 Å². The Labute approximate surface area is 241 Å². The summed E-state index contributed by atoms with van der Waals surface area (Å²) in [6.07, 6.45) is 1.29. The molecule has 2 aliphatic rings. The van der Waals surface area contributed by atoms with Crippen molar-refractivity contribution in [2.75, 3.05) is 26.0 Å². The maximum atomic E-state index is 12.9. The zero-order chi connectivity index (χ0) is 29.4. The first kappa shape index (κ1) is 28.5. The molecule has 1 saturated heterocycles. The van der Waals surface area contributed by atoms with Gasteiger partial charge in [-0.05, 0) is 73.1 Å². The summed E-state index contributed by atoms with van der Waals surface area (Å²) in [5, 5.41) is 2.87. The second-order valence-corrected chi connectivity index (χ2v) is 11.3. The number of hydrogen-bond donors (Lipinski definition) is 2. The predicted octanol–water partition coefficient (Wildman–Crippen LogP) is 5.61. The number of carbonyl (C=O) groups excluding carboxylic acids is 2. The van der Waals surface area contributed by atoms with Crippen molar-refractivity contribution >= 4 is 30.9 Å². The van der Waals surface area contributed by atoms with E-state index < -0.39 is 30.4 Å². The first-order chi connectivity index (χ1) is 19.5. The van der Waals surface area contributed by atoms with E-state index in [-0.39, 0.29) is 30.3 Å². The van der Waals surface area contributed by atoms with Crippen LogP contribution in [0.5, 0.6) is 0 Å². The minimum atomic E-state index is -0.713. The molecule has 9 heteroatoms. The molecular weight excluding hydrogens is 519 g/mol. The molecule has 0 saturated carbocycles. The molecule has 1 heterocycles. The maximum Gasteiger partial charge on any atom is 0.492 e. The van der Waals surface area contributed by atoms with E-state index in [0.717, 1.165) is 11.1 Å². The van der Waals surface area contributed by atoms with Crippen molar-refractivity contribution in [2.45, 2.75) is 44.8 Å². The van der Waals surface area contributed by atoms with E-state index in [1.54, 1.807) is 18.2 Å². The van der Waals surface area contributed by atoms with Crippen LogP contribution in [0.1, 0.15) is 60.7 Å². The second kappa shape index (κ2) is 11.1. The molecule has 1 aliphatic carbocycles. The quantitative estimate of drug-likeness (QED) is 0.222. The number of rotatable bonds is 7. The molecule has 1 amide bonds. The fourth-order valence-corrected chi connectivity index (χ4v) is 5.20. The van der Waals surface area contributed by atoms with Crippen molar-refractivity contribution in [3.63, 3.8) is 0 Å². The van der Waals surface area contributed by atoms with E-state index in [1.165, 1.54) is 18.2 Å². The minimum absolute atomic E-state index is 0.0393. The Morgan fingerprint density at radius 1 is 0.951 bits per heavy atom. The van der Waals surface area contributed by atoms with Crippen LogP contribution in [0.25, 0.3) is 17.2 Å². The van der Waals surface area contributed by atoms with Crippen molar-refractivity contribution < 1.29 is 28.4 Å². The number of fused-ring (bicyclic) bond motifs is 3. The van der Waals surface area contributed by atoms with Gasteiger partial charge in [0, 0.05) is 18.2 Å². The zero-order valence-electron chi connectivity index (χ0n) is 24.0. The summed E-state index contributed by atoms with van der Waals surface area (Å²) in [5.74, 6) is -0.552. The van der Waals surface area contributed by atoms with Gasteiger partial charge in [0.15, 0.2) is 0 Å². The van der Waals surface area contributed by atoms with Crippen LogP contribution in [0.3, 0.4) is 0 Å². The number of hydrogen-bond acceptors (Lipinski definition) is 7. The molecule has 0 spiro atoms. The average molecular weight is 554 g/mol. The number of amides is 1. The molecule has 3 N–H and O–H groups in total. The average Bonchev–Trinajstić information content (AvgIpc) is 3.38. The Kier molecular flexibility index (Phi) is 7.68. The highest BCUT2D eigenvalue weighted by molar-refractivity contribution is 6.56. The molecule has 0 unspecified atom stereocenters. The van der Waals surface area contributed by atoms with Crippen molar-refractivity contribution in [2.24, 2.45) is 0 Å². The van der Waals surface area contributed by atoms with Gasteiger partial charge in [-0.15, -0.1) is 0 Å². The van der Waals surface area contributed by atoms with E-state index in [9.17, 15) is 9.59 Å². The van der Waals surface area contributed by atoms with E-state index in [1.807, 2.05) is 58.0 Å². The van der Waals surface area contributed by atoms with Crippen LogP contribution >= 0.6 is 0 Å². The monoisotopic (exact) mass is 554 g/mol. The molecule has 3 aromatic carbocycles. The Hall–Kier alpha value is -4.08. The van der Waals surface area contributed by atoms with Crippen molar-refractivity contribution in [3.8, 4) is 11.1 Å². The van der Waals surface area contributed by atoms with Gasteiger partial charge >= 0.3 is 19.2 Å². The molecule has 1 aliphatic heterocycles. The zero-order valence-corrected chi connectivity index (χ0v) is 24.0. The second-order valence-electron chi connectivity index (χ2n) is 11.3. The van der Waals surface area contributed by atoms with Crippen molar-refractivity contribution in [1.29, 1.82) is 0 Å². The van der Waals surface area contributed by atoms with Crippen molar-refractivity contribution in [3.05, 3.63) is 94.5 Å². The van der Waals surface area contributed by atoms with Crippen LogP contribution in [-0.2, 0) is 18.8 Å². The third kappa shape index (κ3) is 5.60. The third-order valence-electron chi connectivity index (χ3n) is 8.17. The van der Waals surface area contributed by atoms with E-state index in [0.29, 0.717) is 11.0 Å². The van der Waals surface area contributed by atoms with Gasteiger partial charge in [0.05, 0.1) is 23.9 Å². The van der Waals surface area contributed by atoms with Crippen LogP contribution in [-0.4, -0.2) is 50.6 Å². The van der Waals surface area contributed by atoms with E-state index in [4.69, 9.17) is 24.5 Å². The van der Waals surface area contributed by atoms with E-state index in [2.05, 4.69) is 29.6 Å². The summed E-state index contributed by atoms with van der Waals surface area (Å²) in [4.78, 5) is 24.9. The summed E-state index contributed by atoms with van der Waals surface area (Å²) in [6, 6.07) is 21.4. The summed E-state index contributed by atoms with van der Waals surface area (Å²) >= 11 is 0. The van der Waals surface area contributed by atoms with E-state index >= 15 is 0 Å². The number of alkyl carbamates (subject to hydrolysis) is 1. The molecule has 0 bridgehead atoms. The summed E-state index contributed by atoms with van der Waals surface area (Å²) in [6.45, 7) is 8.19. The highest BCUT2D eigenvalue weighted by atomic mass is 16.7. The van der Waals surface area contributed by atoms with Gasteiger partial charge in [-0.25, -0.2) is 9.59 Å². The lowest BCUT2D eigenvalue weighted by molar-refractivity contribution is 0.00578. The van der Waals surface area contributed by atoms with Crippen LogP contribution < -0.4 is 11.1 Å². The Balaban J connectivity index is 1.32. The lowest BCUT2D eigenvalue weighted by atomic mass is 9.77. The van der Waals surface area contributed by atoms with Gasteiger partial charge in [-0.1, -0.05) is 60.7 Å². The Bertz CT molecular complexity index is 1450. The van der Waals surface area contributed by atoms with Crippen molar-refractivity contribution in [1.82, 2.24) is 5.32 Å². The summed E-state index contributed by atoms with van der Waals surface area (Å²) in [7, 11) is 0.594. The molecule has 0 radical (unpaired) electrons. The fourth-order valence-electron chi connectivity index (χ4n) is 5.20. The topological polar surface area (TPSA) is 109 Å². The number of nitrogens with two attached hydrogens (primary N) is 1. The van der Waals surface area contributed by atoms with Crippen LogP contribution in [0, 0.1) is 0 Å². The molecule has 5 rings (SSSR count). The smallest absolute Gasteiger partial charge is 0.465 e. The molecule has 212 valence electrons. The number of ether oxygens (including phenoxy) is 2. The summed E-state index contributed by atoms with van der Waals surface area (Å²) < 4.78 is 23.1. The van der Waals surface area contributed by atoms with Gasteiger partial charge in [-0.3, -0.25) is 0 Å². The largest absolute Gasteiger partial charge is 0.492 e. The molecule has 3 aromatic rings. The van der Waals surface area contributed by atoms with Crippen LogP contribution in [0.15, 0.2) is 72.2 Å². The first-order valence-electron chi connectivity index (χ1n) is 13.6. The number of esters is 1. The van der Waals surface area contributed by atoms with Gasteiger partial charge < -0.3 is 29.8 Å². The highest BCUT2D eigenvalue weighted by Gasteiger charge is 2.52. The van der Waals surface area contributed by atoms with Gasteiger partial charge in [0.2, 0.25) is 0 Å². The molecule has 0 atom stereocenters. The molecule has 0 aromatic heterocycles. The van der Waals surface area contributed by atoms with Gasteiger partial charge in [-0.2, -0.15) is 0 Å². The SMILES string of the molecule is COC(=O)c1ccc(C=C(CNC(=O)OCC2c3ccccc3-c3ccccc32)B2OC(C)(C)C(C)(C)O2)cc1N. The molecule has 1 fully saturated rings. The standard InChI is InChI=1S/C32H35BN2O6/c1-31(2)32(3,4)41-33(40-31)21(16-20-14-15-26(28(34)17-20)29(36)38-5)18-35-30(37)39-19-27-24-12-8-6-10-22(24)23-11-7-9-13-25(23)27/h6-17,27H,18-19,34H2,1-5H3,(H,35,37). The third-order valence-corrected chi connectivity index (χ3v) is 8.17. The number of methoxy groups -OCH3 is 1. The number of benzene rings is 3. The number of nitrogens with one attached hydrogen (secondary N) is 1. The number of carbonyl (C=O) groups is 2. The Morgan fingerprint density at radius 3 is 2.10 bits per heavy atom. The number of nitrogen functional groups attached to an aromatic ring is 1. The normalized spacial score (nSPS) is 17.1. The Morgan fingerprint density at radius 2 is 1.54 bits per heavy atom. The fraction of sp³-hybridized carbons (Fsp3) is 0.312. The highest BCUT2D eigenvalue weighted by Crippen LogP contribution is 2.44. The van der Waals surface area contributed by atoms with Gasteiger partial charge in [0.1, 0.15) is 6.61 Å². The molecule has 8 nitrogen and oxygen atoms in total. The van der Waals surface area contributed by atoms with Crippen LogP contribution in [0.4, 0.5) is 10.5 Å². The molecular formula is C32H35BN2O6. The lowest BCUT2D eigenvalue weighted by Gasteiger charge is -2.32. The number of anilines is 1. The molecule has 41 heavy (non-hydrogen) atoms. The first-order valence-corrected chi connectivity index (χ1v) is 13.6. The van der Waals surface area contributed by atoms with Crippen LogP contribution in [0.2, 0.25) is 0 Å². The predicted molar refractivity (Wildman–Crippen MR) is 159 cm³/mol. The minimum Gasteiger partial charge on any atom is -0.465 e. The summed E-state index contributed by atoms with van der Waals surface area (Å²) in [5.41, 5.74) is 11.5. The lowest BCUT2D eigenvalue weighted by Crippen LogP contribution is -2.41. The maximum absolute atomic E-state index is 12.9.